The molecule has 0 radical (unpaired) electrons. The fraction of sp³-hybridized carbons (Fsp3) is 0.174. The molecule has 0 saturated heterocycles. The average Bonchev–Trinajstić information content (AvgIpc) is 2.73. The van der Waals surface area contributed by atoms with Crippen molar-refractivity contribution in [3.05, 3.63) is 89.5 Å². The molecule has 1 unspecified atom stereocenters. The van der Waals surface area contributed by atoms with Crippen LogP contribution in [0.1, 0.15) is 29.7 Å². The fourth-order valence-electron chi connectivity index (χ4n) is 3.10. The standard InChI is InChI=1S/C23H24N2O3S2/c1-16-9-11-19(12-10-16)23(18-7-5-4-6-8-18)25-30(27,28)20-13-14-22(29-3)21(15-20)24-17(2)26/h4-15,23,25H,1-3H3,(H,24,26). The van der Waals surface area contributed by atoms with Crippen LogP contribution in [-0.4, -0.2) is 20.6 Å². The normalized spacial score (nSPS) is 12.4. The van der Waals surface area contributed by atoms with Crippen molar-refractivity contribution in [2.45, 2.75) is 29.7 Å². The molecular formula is C23H24N2O3S2. The second-order valence-electron chi connectivity index (χ2n) is 6.92. The molecule has 0 aliphatic heterocycles. The topological polar surface area (TPSA) is 75.3 Å². The number of sulfonamides is 1. The Bertz CT molecular complexity index is 1130. The number of anilines is 1. The summed E-state index contributed by atoms with van der Waals surface area (Å²) < 4.78 is 29.4. The maximum Gasteiger partial charge on any atom is 0.241 e. The fourth-order valence-corrected chi connectivity index (χ4v) is 4.87. The number of benzene rings is 3. The van der Waals surface area contributed by atoms with Gasteiger partial charge in [0.1, 0.15) is 0 Å². The molecule has 0 aliphatic carbocycles. The molecule has 0 spiro atoms. The maximum absolute atomic E-state index is 13.3. The summed E-state index contributed by atoms with van der Waals surface area (Å²) in [4.78, 5) is 12.4. The molecule has 0 heterocycles. The van der Waals surface area contributed by atoms with Gasteiger partial charge < -0.3 is 5.32 Å². The number of carbonyl (C=O) groups is 1. The quantitative estimate of drug-likeness (QED) is 0.520. The first-order valence-electron chi connectivity index (χ1n) is 9.39. The molecule has 3 rings (SSSR count). The van der Waals surface area contributed by atoms with E-state index in [1.54, 1.807) is 12.1 Å². The van der Waals surface area contributed by atoms with Gasteiger partial charge in [0.15, 0.2) is 0 Å². The first kappa shape index (κ1) is 22.1. The minimum atomic E-state index is -3.86. The molecule has 156 valence electrons. The van der Waals surface area contributed by atoms with Crippen molar-refractivity contribution in [3.8, 4) is 0 Å². The van der Waals surface area contributed by atoms with Gasteiger partial charge in [0.05, 0.1) is 16.6 Å². The molecule has 1 amide bonds. The van der Waals surface area contributed by atoms with Crippen LogP contribution in [0.15, 0.2) is 82.6 Å². The lowest BCUT2D eigenvalue weighted by Crippen LogP contribution is -2.29. The first-order valence-corrected chi connectivity index (χ1v) is 12.1. The summed E-state index contributed by atoms with van der Waals surface area (Å²) >= 11 is 1.44. The number of hydrogen-bond donors (Lipinski definition) is 2. The van der Waals surface area contributed by atoms with E-state index in [1.165, 1.54) is 24.8 Å². The lowest BCUT2D eigenvalue weighted by atomic mass is 9.99. The van der Waals surface area contributed by atoms with Crippen molar-refractivity contribution in [1.82, 2.24) is 4.72 Å². The zero-order valence-corrected chi connectivity index (χ0v) is 18.7. The lowest BCUT2D eigenvalue weighted by Gasteiger charge is -2.21. The predicted octanol–water partition coefficient (Wildman–Crippen LogP) is 4.74. The van der Waals surface area contributed by atoms with Crippen LogP contribution in [0, 0.1) is 6.92 Å². The summed E-state index contributed by atoms with van der Waals surface area (Å²) in [7, 11) is -3.86. The second kappa shape index (κ2) is 9.47. The predicted molar refractivity (Wildman–Crippen MR) is 122 cm³/mol. The minimum absolute atomic E-state index is 0.0945. The van der Waals surface area contributed by atoms with Crippen LogP contribution in [0.4, 0.5) is 5.69 Å². The number of hydrogen-bond acceptors (Lipinski definition) is 4. The van der Waals surface area contributed by atoms with E-state index in [2.05, 4.69) is 10.0 Å². The summed E-state index contributed by atoms with van der Waals surface area (Å²) in [6.45, 7) is 3.38. The molecule has 0 aromatic heterocycles. The number of aryl methyl sites for hydroxylation is 1. The van der Waals surface area contributed by atoms with Gasteiger partial charge in [0.25, 0.3) is 0 Å². The third-order valence-corrected chi connectivity index (χ3v) is 6.82. The monoisotopic (exact) mass is 440 g/mol. The summed E-state index contributed by atoms with van der Waals surface area (Å²) in [5.74, 6) is -0.255. The van der Waals surface area contributed by atoms with Crippen LogP contribution in [0.25, 0.3) is 0 Å². The van der Waals surface area contributed by atoms with E-state index in [4.69, 9.17) is 0 Å². The Morgan fingerprint density at radius 3 is 2.17 bits per heavy atom. The molecule has 2 N–H and O–H groups in total. The van der Waals surface area contributed by atoms with Gasteiger partial charge >= 0.3 is 0 Å². The maximum atomic E-state index is 13.3. The molecule has 0 bridgehead atoms. The van der Waals surface area contributed by atoms with Crippen molar-refractivity contribution in [3.63, 3.8) is 0 Å². The van der Waals surface area contributed by atoms with Crippen molar-refractivity contribution >= 4 is 33.4 Å². The Hall–Kier alpha value is -2.61. The van der Waals surface area contributed by atoms with Gasteiger partial charge in [-0.1, -0.05) is 60.2 Å². The molecule has 0 fully saturated rings. The molecule has 5 nitrogen and oxygen atoms in total. The summed E-state index contributed by atoms with van der Waals surface area (Å²) in [5.41, 5.74) is 3.26. The molecular weight excluding hydrogens is 416 g/mol. The first-order chi connectivity index (χ1) is 14.3. The van der Waals surface area contributed by atoms with Crippen molar-refractivity contribution < 1.29 is 13.2 Å². The zero-order chi connectivity index (χ0) is 21.7. The van der Waals surface area contributed by atoms with Crippen LogP contribution >= 0.6 is 11.8 Å². The highest BCUT2D eigenvalue weighted by atomic mass is 32.2. The summed E-state index contributed by atoms with van der Waals surface area (Å²) in [6, 6.07) is 21.4. The number of carbonyl (C=O) groups excluding carboxylic acids is 1. The summed E-state index contributed by atoms with van der Waals surface area (Å²) in [5, 5.41) is 2.71. The van der Waals surface area contributed by atoms with E-state index >= 15 is 0 Å². The van der Waals surface area contributed by atoms with E-state index < -0.39 is 16.1 Å². The van der Waals surface area contributed by atoms with Crippen molar-refractivity contribution in [2.24, 2.45) is 0 Å². The highest BCUT2D eigenvalue weighted by Gasteiger charge is 2.24. The third-order valence-electron chi connectivity index (χ3n) is 4.61. The molecule has 1 atom stereocenters. The second-order valence-corrected chi connectivity index (χ2v) is 9.48. The third kappa shape index (κ3) is 5.30. The van der Waals surface area contributed by atoms with Crippen LogP contribution in [0.3, 0.4) is 0 Å². The van der Waals surface area contributed by atoms with Crippen LogP contribution in [0.5, 0.6) is 0 Å². The SMILES string of the molecule is CSc1ccc(S(=O)(=O)NC(c2ccccc2)c2ccc(C)cc2)cc1NC(C)=O. The lowest BCUT2D eigenvalue weighted by molar-refractivity contribution is -0.114. The molecule has 30 heavy (non-hydrogen) atoms. The van der Waals surface area contributed by atoms with Gasteiger partial charge in [0, 0.05) is 11.8 Å². The Balaban J connectivity index is 2.01. The number of thioether (sulfide) groups is 1. The van der Waals surface area contributed by atoms with E-state index in [1.807, 2.05) is 67.8 Å². The summed E-state index contributed by atoms with van der Waals surface area (Å²) in [6.07, 6.45) is 1.87. The van der Waals surface area contributed by atoms with Crippen LogP contribution in [0.2, 0.25) is 0 Å². The Morgan fingerprint density at radius 2 is 1.57 bits per heavy atom. The van der Waals surface area contributed by atoms with Gasteiger partial charge in [-0.05, 0) is 42.5 Å². The highest BCUT2D eigenvalue weighted by molar-refractivity contribution is 7.98. The van der Waals surface area contributed by atoms with E-state index in [0.717, 1.165) is 21.6 Å². The Morgan fingerprint density at radius 1 is 0.933 bits per heavy atom. The van der Waals surface area contributed by atoms with Gasteiger partial charge in [-0.2, -0.15) is 4.72 Å². The number of rotatable bonds is 7. The number of amides is 1. The Kier molecular flexibility index (Phi) is 6.97. The largest absolute Gasteiger partial charge is 0.325 e. The van der Waals surface area contributed by atoms with Crippen LogP contribution < -0.4 is 10.0 Å². The van der Waals surface area contributed by atoms with Crippen molar-refractivity contribution in [2.75, 3.05) is 11.6 Å². The Labute approximate surface area is 182 Å². The molecule has 3 aromatic carbocycles. The molecule has 3 aromatic rings. The van der Waals surface area contributed by atoms with Crippen LogP contribution in [-0.2, 0) is 14.8 Å². The smallest absolute Gasteiger partial charge is 0.241 e. The van der Waals surface area contributed by atoms with Crippen molar-refractivity contribution in [1.29, 1.82) is 0 Å². The van der Waals surface area contributed by atoms with E-state index in [-0.39, 0.29) is 10.8 Å². The van der Waals surface area contributed by atoms with E-state index in [0.29, 0.717) is 5.69 Å². The zero-order valence-electron chi connectivity index (χ0n) is 17.0. The van der Waals surface area contributed by atoms with Gasteiger partial charge in [-0.15, -0.1) is 11.8 Å². The minimum Gasteiger partial charge on any atom is -0.325 e. The molecule has 0 saturated carbocycles. The van der Waals surface area contributed by atoms with Gasteiger partial charge in [0.2, 0.25) is 15.9 Å². The number of nitrogens with one attached hydrogen (secondary N) is 2. The highest BCUT2D eigenvalue weighted by Crippen LogP contribution is 2.30. The van der Waals surface area contributed by atoms with Gasteiger partial charge in [-0.3, -0.25) is 4.79 Å². The average molecular weight is 441 g/mol. The molecule has 7 heteroatoms. The molecule has 0 aliphatic rings. The van der Waals surface area contributed by atoms with Gasteiger partial charge in [-0.25, -0.2) is 8.42 Å². The van der Waals surface area contributed by atoms with E-state index in [9.17, 15) is 13.2 Å².